The molecular weight excluding hydrogens is 296 g/mol. The van der Waals surface area contributed by atoms with Crippen LogP contribution in [0.2, 0.25) is 0 Å². The van der Waals surface area contributed by atoms with Crippen LogP contribution in [0, 0.1) is 13.8 Å². The first-order valence-electron chi connectivity index (χ1n) is 7.72. The van der Waals surface area contributed by atoms with Crippen molar-refractivity contribution in [2.45, 2.75) is 46.1 Å². The molecule has 0 heterocycles. The normalized spacial score (nSPS) is 11.6. The molecule has 2 amide bonds. The summed E-state index contributed by atoms with van der Waals surface area (Å²) in [6.07, 6.45) is 1.94. The SMILES string of the molecule is CCCC[C@H](NC(=O)CNC(=O)c1ccc(C)c(C)c1)C(=O)O. The molecule has 6 heteroatoms. The van der Waals surface area contributed by atoms with E-state index >= 15 is 0 Å². The number of carbonyl (C=O) groups is 3. The Morgan fingerprint density at radius 2 is 1.87 bits per heavy atom. The van der Waals surface area contributed by atoms with Gasteiger partial charge in [0.05, 0.1) is 6.54 Å². The van der Waals surface area contributed by atoms with Gasteiger partial charge in [0.25, 0.3) is 5.91 Å². The molecular formula is C17H24N2O4. The van der Waals surface area contributed by atoms with Crippen LogP contribution < -0.4 is 10.6 Å². The van der Waals surface area contributed by atoms with Crippen LogP contribution >= 0.6 is 0 Å². The highest BCUT2D eigenvalue weighted by Crippen LogP contribution is 2.09. The van der Waals surface area contributed by atoms with Gasteiger partial charge in [0, 0.05) is 5.56 Å². The van der Waals surface area contributed by atoms with Crippen molar-refractivity contribution in [2.24, 2.45) is 0 Å². The lowest BCUT2D eigenvalue weighted by atomic mass is 10.1. The lowest BCUT2D eigenvalue weighted by Crippen LogP contribution is -2.45. The average molecular weight is 320 g/mol. The molecule has 0 aliphatic carbocycles. The summed E-state index contributed by atoms with van der Waals surface area (Å²) >= 11 is 0. The van der Waals surface area contributed by atoms with Crippen LogP contribution in [-0.2, 0) is 9.59 Å². The molecule has 23 heavy (non-hydrogen) atoms. The van der Waals surface area contributed by atoms with Gasteiger partial charge in [-0.05, 0) is 43.5 Å². The minimum atomic E-state index is -1.06. The maximum absolute atomic E-state index is 12.0. The zero-order chi connectivity index (χ0) is 17.4. The van der Waals surface area contributed by atoms with Crippen LogP contribution in [0.4, 0.5) is 0 Å². The summed E-state index contributed by atoms with van der Waals surface area (Å²) in [5, 5.41) is 14.0. The van der Waals surface area contributed by atoms with E-state index in [1.807, 2.05) is 26.8 Å². The fourth-order valence-electron chi connectivity index (χ4n) is 2.06. The summed E-state index contributed by atoms with van der Waals surface area (Å²) in [5.74, 6) is -1.93. The Hall–Kier alpha value is -2.37. The zero-order valence-electron chi connectivity index (χ0n) is 13.8. The van der Waals surface area contributed by atoms with Crippen LogP contribution in [0.25, 0.3) is 0 Å². The third-order valence-electron chi connectivity index (χ3n) is 3.66. The smallest absolute Gasteiger partial charge is 0.326 e. The number of benzene rings is 1. The Morgan fingerprint density at radius 1 is 1.17 bits per heavy atom. The predicted molar refractivity (Wildman–Crippen MR) is 87.3 cm³/mol. The van der Waals surface area contributed by atoms with E-state index in [-0.39, 0.29) is 12.5 Å². The van der Waals surface area contributed by atoms with E-state index in [9.17, 15) is 14.4 Å². The molecule has 0 saturated carbocycles. The number of aliphatic carboxylic acids is 1. The summed E-state index contributed by atoms with van der Waals surface area (Å²) in [5.41, 5.74) is 2.55. The van der Waals surface area contributed by atoms with Gasteiger partial charge in [-0.1, -0.05) is 25.8 Å². The Labute approximate surface area is 136 Å². The number of amides is 2. The highest BCUT2D eigenvalue weighted by atomic mass is 16.4. The maximum atomic E-state index is 12.0. The van der Waals surface area contributed by atoms with Crippen molar-refractivity contribution in [3.63, 3.8) is 0 Å². The van der Waals surface area contributed by atoms with E-state index in [2.05, 4.69) is 10.6 Å². The third-order valence-corrected chi connectivity index (χ3v) is 3.66. The molecule has 0 aliphatic heterocycles. The minimum absolute atomic E-state index is 0.248. The monoisotopic (exact) mass is 320 g/mol. The molecule has 0 spiro atoms. The molecule has 0 bridgehead atoms. The van der Waals surface area contributed by atoms with Gasteiger partial charge in [-0.25, -0.2) is 4.79 Å². The number of nitrogens with one attached hydrogen (secondary N) is 2. The topological polar surface area (TPSA) is 95.5 Å². The molecule has 1 aromatic carbocycles. The van der Waals surface area contributed by atoms with Crippen molar-refractivity contribution in [1.29, 1.82) is 0 Å². The highest BCUT2D eigenvalue weighted by Gasteiger charge is 2.19. The van der Waals surface area contributed by atoms with Gasteiger partial charge in [-0.15, -0.1) is 0 Å². The summed E-state index contributed by atoms with van der Waals surface area (Å²) in [6.45, 7) is 5.56. The van der Waals surface area contributed by atoms with E-state index in [0.717, 1.165) is 17.5 Å². The largest absolute Gasteiger partial charge is 0.480 e. The summed E-state index contributed by atoms with van der Waals surface area (Å²) in [7, 11) is 0. The highest BCUT2D eigenvalue weighted by molar-refractivity contribution is 5.97. The van der Waals surface area contributed by atoms with Crippen LogP contribution in [0.5, 0.6) is 0 Å². The Bertz CT molecular complexity index is 584. The second-order valence-electron chi connectivity index (χ2n) is 5.58. The van der Waals surface area contributed by atoms with Crippen molar-refractivity contribution in [3.05, 3.63) is 34.9 Å². The molecule has 0 aromatic heterocycles. The molecule has 0 unspecified atom stereocenters. The molecule has 1 atom stereocenters. The lowest BCUT2D eigenvalue weighted by Gasteiger charge is -2.14. The molecule has 1 rings (SSSR count). The van der Waals surface area contributed by atoms with Crippen molar-refractivity contribution in [1.82, 2.24) is 10.6 Å². The average Bonchev–Trinajstić information content (AvgIpc) is 2.51. The first-order valence-corrected chi connectivity index (χ1v) is 7.72. The van der Waals surface area contributed by atoms with Gasteiger partial charge in [0.1, 0.15) is 6.04 Å². The second-order valence-corrected chi connectivity index (χ2v) is 5.58. The summed E-state index contributed by atoms with van der Waals surface area (Å²) < 4.78 is 0. The van der Waals surface area contributed by atoms with Crippen LogP contribution in [0.3, 0.4) is 0 Å². The number of unbranched alkanes of at least 4 members (excludes halogenated alkanes) is 1. The Morgan fingerprint density at radius 3 is 2.43 bits per heavy atom. The molecule has 6 nitrogen and oxygen atoms in total. The lowest BCUT2D eigenvalue weighted by molar-refractivity contribution is -0.141. The fraction of sp³-hybridized carbons (Fsp3) is 0.471. The van der Waals surface area contributed by atoms with Crippen molar-refractivity contribution < 1.29 is 19.5 Å². The Balaban J connectivity index is 2.52. The molecule has 3 N–H and O–H groups in total. The summed E-state index contributed by atoms with van der Waals surface area (Å²) in [6, 6.07) is 4.37. The van der Waals surface area contributed by atoms with E-state index in [4.69, 9.17) is 5.11 Å². The molecule has 126 valence electrons. The quantitative estimate of drug-likeness (QED) is 0.680. The molecule has 0 fully saturated rings. The molecule has 0 saturated heterocycles. The van der Waals surface area contributed by atoms with Crippen LogP contribution in [-0.4, -0.2) is 35.5 Å². The number of rotatable bonds is 8. The van der Waals surface area contributed by atoms with Gasteiger partial charge in [-0.2, -0.15) is 0 Å². The van der Waals surface area contributed by atoms with E-state index in [0.29, 0.717) is 18.4 Å². The minimum Gasteiger partial charge on any atom is -0.480 e. The Kier molecular flexibility index (Phi) is 7.25. The van der Waals surface area contributed by atoms with E-state index < -0.39 is 17.9 Å². The number of aryl methyl sites for hydroxylation is 2. The second kappa shape index (κ2) is 8.92. The molecule has 0 radical (unpaired) electrons. The van der Waals surface area contributed by atoms with Gasteiger partial charge in [0.15, 0.2) is 0 Å². The molecule has 1 aromatic rings. The van der Waals surface area contributed by atoms with Gasteiger partial charge >= 0.3 is 5.97 Å². The first-order chi connectivity index (χ1) is 10.8. The van der Waals surface area contributed by atoms with Gasteiger partial charge < -0.3 is 15.7 Å². The fourth-order valence-corrected chi connectivity index (χ4v) is 2.06. The van der Waals surface area contributed by atoms with Gasteiger partial charge in [0.2, 0.25) is 5.91 Å². The third kappa shape index (κ3) is 6.10. The van der Waals surface area contributed by atoms with Crippen molar-refractivity contribution in [3.8, 4) is 0 Å². The standard InChI is InChI=1S/C17H24N2O4/c1-4-5-6-14(17(22)23)19-15(20)10-18-16(21)13-8-7-11(2)12(3)9-13/h7-9,14H,4-6,10H2,1-3H3,(H,18,21)(H,19,20)(H,22,23)/t14-/m0/s1. The van der Waals surface area contributed by atoms with Gasteiger partial charge in [-0.3, -0.25) is 9.59 Å². The van der Waals surface area contributed by atoms with Crippen molar-refractivity contribution >= 4 is 17.8 Å². The summed E-state index contributed by atoms with van der Waals surface area (Å²) in [4.78, 5) is 34.9. The van der Waals surface area contributed by atoms with Crippen molar-refractivity contribution in [2.75, 3.05) is 6.54 Å². The van der Waals surface area contributed by atoms with E-state index in [1.165, 1.54) is 0 Å². The number of carboxylic acid groups (broad SMARTS) is 1. The number of hydrogen-bond acceptors (Lipinski definition) is 3. The zero-order valence-corrected chi connectivity index (χ0v) is 13.8. The molecule has 0 aliphatic rings. The number of carboxylic acids is 1. The first kappa shape index (κ1) is 18.7. The predicted octanol–water partition coefficient (Wildman–Crippen LogP) is 1.79. The number of hydrogen-bond donors (Lipinski definition) is 3. The van der Waals surface area contributed by atoms with Crippen LogP contribution in [0.15, 0.2) is 18.2 Å². The maximum Gasteiger partial charge on any atom is 0.326 e. The number of carbonyl (C=O) groups excluding carboxylic acids is 2. The van der Waals surface area contributed by atoms with Crippen LogP contribution in [0.1, 0.15) is 47.7 Å². The van der Waals surface area contributed by atoms with E-state index in [1.54, 1.807) is 12.1 Å².